The molecule has 0 heterocycles. The van der Waals surface area contributed by atoms with Gasteiger partial charge in [-0.05, 0) is 25.1 Å². The molecule has 0 unspecified atom stereocenters. The number of phenolic OH excluding ortho intramolecular Hbond substituents is 1. The second-order valence-corrected chi connectivity index (χ2v) is 2.81. The van der Waals surface area contributed by atoms with Gasteiger partial charge in [0.1, 0.15) is 11.6 Å². The van der Waals surface area contributed by atoms with E-state index >= 15 is 0 Å². The average Bonchev–Trinajstić information content (AvgIpc) is 2.11. The van der Waals surface area contributed by atoms with Crippen molar-refractivity contribution >= 4 is 12.0 Å². The molecule has 0 bridgehead atoms. The zero-order chi connectivity index (χ0) is 10.7. The van der Waals surface area contributed by atoms with E-state index in [-0.39, 0.29) is 16.9 Å². The fourth-order valence-corrected chi connectivity index (χ4v) is 0.947. The van der Waals surface area contributed by atoms with Crippen molar-refractivity contribution in [2.24, 2.45) is 0 Å². The van der Waals surface area contributed by atoms with E-state index in [1.54, 1.807) is 0 Å². The molecule has 74 valence electrons. The van der Waals surface area contributed by atoms with Gasteiger partial charge in [0.2, 0.25) is 0 Å². The van der Waals surface area contributed by atoms with Crippen molar-refractivity contribution < 1.29 is 19.4 Å². The Morgan fingerprint density at radius 2 is 2.14 bits per heavy atom. The highest BCUT2D eigenvalue weighted by molar-refractivity contribution is 5.91. The first-order chi connectivity index (χ1) is 6.52. The van der Waals surface area contributed by atoms with E-state index in [0.29, 0.717) is 0 Å². The normalized spacial score (nSPS) is 11.4. The smallest absolute Gasteiger partial charge is 0.331 e. The summed E-state index contributed by atoms with van der Waals surface area (Å²) in [6.45, 7) is 1.33. The van der Waals surface area contributed by atoms with Crippen molar-refractivity contribution in [1.82, 2.24) is 0 Å². The van der Waals surface area contributed by atoms with Crippen LogP contribution in [0.15, 0.2) is 23.8 Å². The number of hydrogen-bond acceptors (Lipinski definition) is 2. The Bertz CT molecular complexity index is 376. The lowest BCUT2D eigenvalue weighted by molar-refractivity contribution is -0.132. The molecule has 1 aromatic rings. The molecule has 0 aliphatic heterocycles. The van der Waals surface area contributed by atoms with E-state index in [9.17, 15) is 14.3 Å². The molecule has 0 spiro atoms. The first kappa shape index (κ1) is 10.2. The van der Waals surface area contributed by atoms with Gasteiger partial charge in [-0.3, -0.25) is 0 Å². The minimum Gasteiger partial charge on any atom is -0.507 e. The molecule has 0 aromatic heterocycles. The Hall–Kier alpha value is -1.84. The second kappa shape index (κ2) is 3.91. The molecule has 0 fully saturated rings. The molecule has 3 nitrogen and oxygen atoms in total. The minimum absolute atomic E-state index is 0.0367. The highest BCUT2D eigenvalue weighted by Crippen LogP contribution is 2.22. The van der Waals surface area contributed by atoms with Gasteiger partial charge in [-0.15, -0.1) is 0 Å². The van der Waals surface area contributed by atoms with Crippen LogP contribution in [-0.2, 0) is 4.79 Å². The maximum Gasteiger partial charge on any atom is 0.331 e. The van der Waals surface area contributed by atoms with Crippen LogP contribution in [0.1, 0.15) is 12.5 Å². The van der Waals surface area contributed by atoms with Crippen LogP contribution in [0.2, 0.25) is 0 Å². The zero-order valence-corrected chi connectivity index (χ0v) is 7.49. The molecule has 0 aliphatic carbocycles. The molecule has 2 N–H and O–H groups in total. The van der Waals surface area contributed by atoms with E-state index in [2.05, 4.69) is 0 Å². The number of rotatable bonds is 2. The van der Waals surface area contributed by atoms with Gasteiger partial charge in [-0.2, -0.15) is 0 Å². The van der Waals surface area contributed by atoms with Gasteiger partial charge in [0.05, 0.1) is 5.56 Å². The monoisotopic (exact) mass is 196 g/mol. The molecule has 0 atom stereocenters. The molecule has 0 saturated heterocycles. The predicted molar refractivity (Wildman–Crippen MR) is 49.4 cm³/mol. The van der Waals surface area contributed by atoms with Gasteiger partial charge in [-0.1, -0.05) is 6.07 Å². The van der Waals surface area contributed by atoms with E-state index in [4.69, 9.17) is 5.11 Å². The molecule has 1 aromatic carbocycles. The van der Waals surface area contributed by atoms with Gasteiger partial charge in [0.25, 0.3) is 0 Å². The number of hydrogen-bond donors (Lipinski definition) is 2. The summed E-state index contributed by atoms with van der Waals surface area (Å²) >= 11 is 0. The molecular formula is C10H9FO3. The fraction of sp³-hybridized carbons (Fsp3) is 0.100. The highest BCUT2D eigenvalue weighted by atomic mass is 19.1. The molecule has 0 radical (unpaired) electrons. The maximum atomic E-state index is 13.1. The number of carboxylic acids is 1. The Morgan fingerprint density at radius 1 is 1.50 bits per heavy atom. The first-order valence-electron chi connectivity index (χ1n) is 3.91. The van der Waals surface area contributed by atoms with Crippen LogP contribution >= 0.6 is 0 Å². The van der Waals surface area contributed by atoms with Crippen LogP contribution in [0, 0.1) is 5.82 Å². The average molecular weight is 196 g/mol. The van der Waals surface area contributed by atoms with Crippen molar-refractivity contribution in [1.29, 1.82) is 0 Å². The van der Waals surface area contributed by atoms with Crippen LogP contribution in [0.25, 0.3) is 6.08 Å². The van der Waals surface area contributed by atoms with Gasteiger partial charge in [0.15, 0.2) is 0 Å². The number of benzene rings is 1. The van der Waals surface area contributed by atoms with Gasteiger partial charge in [0, 0.05) is 5.57 Å². The van der Waals surface area contributed by atoms with Crippen molar-refractivity contribution in [3.8, 4) is 5.75 Å². The van der Waals surface area contributed by atoms with Crippen molar-refractivity contribution in [2.75, 3.05) is 0 Å². The molecule has 4 heteroatoms. The molecule has 1 rings (SSSR count). The standard InChI is InChI=1S/C10H9FO3/c1-6(10(13)14)5-7-8(11)3-2-4-9(7)12/h2-5,12H,1H3,(H,13,14)/b6-5+. The Balaban J connectivity index is 3.20. The lowest BCUT2D eigenvalue weighted by Gasteiger charge is -2.00. The Labute approximate surface area is 80.1 Å². The molecule has 0 amide bonds. The second-order valence-electron chi connectivity index (χ2n) is 2.81. The number of aliphatic carboxylic acids is 1. The summed E-state index contributed by atoms with van der Waals surface area (Å²) in [5.74, 6) is -2.07. The summed E-state index contributed by atoms with van der Waals surface area (Å²) in [7, 11) is 0. The lowest BCUT2D eigenvalue weighted by Crippen LogP contribution is -1.96. The maximum absolute atomic E-state index is 13.1. The first-order valence-corrected chi connectivity index (χ1v) is 3.91. The number of carboxylic acid groups (broad SMARTS) is 1. The number of phenols is 1. The summed E-state index contributed by atoms with van der Waals surface area (Å²) in [6.07, 6.45) is 1.09. The van der Waals surface area contributed by atoms with Crippen LogP contribution in [-0.4, -0.2) is 16.2 Å². The Kier molecular flexibility index (Phi) is 2.86. The number of halogens is 1. The summed E-state index contributed by atoms with van der Waals surface area (Å²) < 4.78 is 13.1. The van der Waals surface area contributed by atoms with Crippen LogP contribution < -0.4 is 0 Å². The molecule has 14 heavy (non-hydrogen) atoms. The summed E-state index contributed by atoms with van der Waals surface area (Å²) in [6, 6.07) is 3.79. The molecule has 0 aliphatic rings. The SMILES string of the molecule is C/C(=C\c1c(O)cccc1F)C(=O)O. The van der Waals surface area contributed by atoms with Gasteiger partial charge < -0.3 is 10.2 Å². The highest BCUT2D eigenvalue weighted by Gasteiger charge is 2.07. The van der Waals surface area contributed by atoms with Gasteiger partial charge >= 0.3 is 5.97 Å². The fourth-order valence-electron chi connectivity index (χ4n) is 0.947. The van der Waals surface area contributed by atoms with Crippen molar-refractivity contribution in [3.63, 3.8) is 0 Å². The van der Waals surface area contributed by atoms with Crippen LogP contribution in [0.4, 0.5) is 4.39 Å². The largest absolute Gasteiger partial charge is 0.507 e. The van der Waals surface area contributed by atoms with Crippen LogP contribution in [0.3, 0.4) is 0 Å². The lowest BCUT2D eigenvalue weighted by atomic mass is 10.1. The molecule has 0 saturated carbocycles. The minimum atomic E-state index is -1.15. The van der Waals surface area contributed by atoms with Crippen molar-refractivity contribution in [3.05, 3.63) is 35.2 Å². The van der Waals surface area contributed by atoms with Crippen LogP contribution in [0.5, 0.6) is 5.75 Å². The molecular weight excluding hydrogens is 187 g/mol. The summed E-state index contributed by atoms with van der Waals surface area (Å²) in [4.78, 5) is 10.5. The third-order valence-corrected chi connectivity index (χ3v) is 1.73. The van der Waals surface area contributed by atoms with E-state index in [1.165, 1.54) is 19.1 Å². The topological polar surface area (TPSA) is 57.5 Å². The third-order valence-electron chi connectivity index (χ3n) is 1.73. The third kappa shape index (κ3) is 2.10. The van der Waals surface area contributed by atoms with Gasteiger partial charge in [-0.25, -0.2) is 9.18 Å². The van der Waals surface area contributed by atoms with E-state index in [0.717, 1.165) is 12.1 Å². The number of aromatic hydroxyl groups is 1. The summed E-state index contributed by atoms with van der Waals surface area (Å²) in [5.41, 5.74) is -0.141. The number of carbonyl (C=O) groups is 1. The summed E-state index contributed by atoms with van der Waals surface area (Å²) in [5, 5.41) is 17.8. The Morgan fingerprint density at radius 3 is 2.64 bits per heavy atom. The zero-order valence-electron chi connectivity index (χ0n) is 7.49. The quantitative estimate of drug-likeness (QED) is 0.711. The predicted octanol–water partition coefficient (Wildman–Crippen LogP) is 2.02. The van der Waals surface area contributed by atoms with Crippen molar-refractivity contribution in [2.45, 2.75) is 6.92 Å². The van der Waals surface area contributed by atoms with E-state index in [1.807, 2.05) is 0 Å². The van der Waals surface area contributed by atoms with E-state index < -0.39 is 11.8 Å².